The Balaban J connectivity index is 2.33. The second-order valence-electron chi connectivity index (χ2n) is 5.28. The number of anilines is 1. The standard InChI is InChI=1S/C18H14ClN3O4/c1-11-6-16(17(26-2)9-15(11)19)21-18(23)13(10-20)7-12-4-3-5-14(8-12)22(24)25/h3-9H,1-2H3,(H,21,23)/b13-7+. The minimum absolute atomic E-state index is 0.133. The second kappa shape index (κ2) is 8.14. The van der Waals surface area contributed by atoms with E-state index in [2.05, 4.69) is 5.32 Å². The maximum Gasteiger partial charge on any atom is 0.270 e. The maximum absolute atomic E-state index is 12.4. The van der Waals surface area contributed by atoms with Crippen molar-refractivity contribution in [2.45, 2.75) is 6.92 Å². The number of rotatable bonds is 5. The van der Waals surface area contributed by atoms with Crippen molar-refractivity contribution in [2.75, 3.05) is 12.4 Å². The molecule has 0 bridgehead atoms. The molecule has 1 N–H and O–H groups in total. The number of nitriles is 1. The molecule has 2 aromatic carbocycles. The monoisotopic (exact) mass is 371 g/mol. The Hall–Kier alpha value is -3.37. The number of nitro groups is 1. The van der Waals surface area contributed by atoms with Crippen LogP contribution >= 0.6 is 11.6 Å². The molecule has 1 amide bonds. The number of carbonyl (C=O) groups is 1. The number of carbonyl (C=O) groups excluding carboxylic acids is 1. The lowest BCUT2D eigenvalue weighted by Gasteiger charge is -2.12. The molecule has 0 aliphatic rings. The Bertz CT molecular complexity index is 948. The largest absolute Gasteiger partial charge is 0.495 e. The molecule has 0 heterocycles. The predicted octanol–water partition coefficient (Wildman–Crippen LogP) is 4.11. The van der Waals surface area contributed by atoms with E-state index >= 15 is 0 Å². The van der Waals surface area contributed by atoms with Crippen LogP contribution in [0.4, 0.5) is 11.4 Å². The van der Waals surface area contributed by atoms with Gasteiger partial charge < -0.3 is 10.1 Å². The summed E-state index contributed by atoms with van der Waals surface area (Å²) in [6.07, 6.45) is 1.28. The number of nitro benzene ring substituents is 1. The summed E-state index contributed by atoms with van der Waals surface area (Å²) in [6.45, 7) is 1.77. The van der Waals surface area contributed by atoms with Gasteiger partial charge in [0, 0.05) is 23.2 Å². The van der Waals surface area contributed by atoms with Gasteiger partial charge in [-0.1, -0.05) is 23.7 Å². The number of nitrogens with one attached hydrogen (secondary N) is 1. The molecule has 8 heteroatoms. The number of hydrogen-bond acceptors (Lipinski definition) is 5. The third kappa shape index (κ3) is 4.37. The first-order valence-corrected chi connectivity index (χ1v) is 7.75. The molecular formula is C18H14ClN3O4. The van der Waals surface area contributed by atoms with E-state index in [-0.39, 0.29) is 11.3 Å². The molecule has 0 unspecified atom stereocenters. The van der Waals surface area contributed by atoms with E-state index in [4.69, 9.17) is 16.3 Å². The zero-order valence-corrected chi connectivity index (χ0v) is 14.7. The van der Waals surface area contributed by atoms with Gasteiger partial charge in [-0.05, 0) is 30.2 Å². The van der Waals surface area contributed by atoms with Crippen molar-refractivity contribution in [3.8, 4) is 11.8 Å². The first kappa shape index (κ1) is 19.0. The van der Waals surface area contributed by atoms with Crippen LogP contribution in [0, 0.1) is 28.4 Å². The van der Waals surface area contributed by atoms with Gasteiger partial charge in [0.05, 0.1) is 17.7 Å². The van der Waals surface area contributed by atoms with Crippen LogP contribution in [0.2, 0.25) is 5.02 Å². The van der Waals surface area contributed by atoms with Crippen LogP contribution in [0.5, 0.6) is 5.75 Å². The minimum Gasteiger partial charge on any atom is -0.495 e. The van der Waals surface area contributed by atoms with E-state index in [1.165, 1.54) is 31.4 Å². The van der Waals surface area contributed by atoms with Crippen LogP contribution < -0.4 is 10.1 Å². The van der Waals surface area contributed by atoms with Crippen molar-refractivity contribution in [3.05, 3.63) is 68.2 Å². The van der Waals surface area contributed by atoms with Crippen molar-refractivity contribution in [3.63, 3.8) is 0 Å². The Kier molecular flexibility index (Phi) is 5.94. The number of nitrogens with zero attached hydrogens (tertiary/aromatic N) is 2. The minimum atomic E-state index is -0.668. The SMILES string of the molecule is COc1cc(Cl)c(C)cc1NC(=O)/C(C#N)=C/c1cccc([N+](=O)[O-])c1. The van der Waals surface area contributed by atoms with Crippen molar-refractivity contribution < 1.29 is 14.5 Å². The number of amides is 1. The summed E-state index contributed by atoms with van der Waals surface area (Å²) in [5.74, 6) is -0.319. The van der Waals surface area contributed by atoms with E-state index in [0.29, 0.717) is 22.0 Å². The second-order valence-corrected chi connectivity index (χ2v) is 5.68. The Labute approximate surface area is 154 Å². The number of non-ortho nitro benzene ring substituents is 1. The summed E-state index contributed by atoms with van der Waals surface area (Å²) in [4.78, 5) is 22.7. The van der Waals surface area contributed by atoms with Crippen LogP contribution in [0.15, 0.2) is 42.0 Å². The lowest BCUT2D eigenvalue weighted by molar-refractivity contribution is -0.384. The van der Waals surface area contributed by atoms with E-state index in [1.54, 1.807) is 31.2 Å². The highest BCUT2D eigenvalue weighted by molar-refractivity contribution is 6.31. The predicted molar refractivity (Wildman–Crippen MR) is 98.1 cm³/mol. The number of ether oxygens (including phenoxy) is 1. The van der Waals surface area contributed by atoms with Crippen LogP contribution in [0.25, 0.3) is 6.08 Å². The fraction of sp³-hybridized carbons (Fsp3) is 0.111. The highest BCUT2D eigenvalue weighted by atomic mass is 35.5. The molecule has 0 aromatic heterocycles. The van der Waals surface area contributed by atoms with Gasteiger partial charge in [-0.25, -0.2) is 0 Å². The molecule has 0 aliphatic heterocycles. The van der Waals surface area contributed by atoms with Crippen molar-refractivity contribution in [2.24, 2.45) is 0 Å². The summed E-state index contributed by atoms with van der Waals surface area (Å²) >= 11 is 6.03. The van der Waals surface area contributed by atoms with Gasteiger partial charge >= 0.3 is 0 Å². The lowest BCUT2D eigenvalue weighted by Crippen LogP contribution is -2.14. The molecule has 0 aliphatic carbocycles. The highest BCUT2D eigenvalue weighted by Crippen LogP contribution is 2.31. The van der Waals surface area contributed by atoms with E-state index < -0.39 is 10.8 Å². The van der Waals surface area contributed by atoms with Gasteiger partial charge in [-0.2, -0.15) is 5.26 Å². The topological polar surface area (TPSA) is 105 Å². The summed E-state index contributed by atoms with van der Waals surface area (Å²) in [5, 5.41) is 23.2. The quantitative estimate of drug-likeness (QED) is 0.368. The number of hydrogen-bond donors (Lipinski definition) is 1. The first-order chi connectivity index (χ1) is 12.3. The average molecular weight is 372 g/mol. The van der Waals surface area contributed by atoms with Crippen LogP contribution in [-0.4, -0.2) is 17.9 Å². The van der Waals surface area contributed by atoms with Gasteiger partial charge in [0.2, 0.25) is 0 Å². The molecule has 2 rings (SSSR count). The third-order valence-electron chi connectivity index (χ3n) is 3.49. The van der Waals surface area contributed by atoms with Gasteiger partial charge in [0.25, 0.3) is 11.6 Å². The Morgan fingerprint density at radius 3 is 2.73 bits per heavy atom. The maximum atomic E-state index is 12.4. The van der Waals surface area contributed by atoms with Crippen LogP contribution in [0.1, 0.15) is 11.1 Å². The zero-order chi connectivity index (χ0) is 19.3. The molecule has 0 spiro atoms. The normalized spacial score (nSPS) is 10.8. The molecule has 2 aromatic rings. The highest BCUT2D eigenvalue weighted by Gasteiger charge is 2.14. The van der Waals surface area contributed by atoms with E-state index in [9.17, 15) is 20.2 Å². The van der Waals surface area contributed by atoms with Gasteiger partial charge in [-0.3, -0.25) is 14.9 Å². The van der Waals surface area contributed by atoms with Crippen molar-refractivity contribution >= 4 is 35.0 Å². The summed E-state index contributed by atoms with van der Waals surface area (Å²) in [5.41, 5.74) is 1.11. The molecule has 7 nitrogen and oxygen atoms in total. The van der Waals surface area contributed by atoms with E-state index in [1.807, 2.05) is 0 Å². The summed E-state index contributed by atoms with van der Waals surface area (Å²) in [7, 11) is 1.43. The van der Waals surface area contributed by atoms with Crippen molar-refractivity contribution in [1.29, 1.82) is 5.26 Å². The Morgan fingerprint density at radius 1 is 1.38 bits per heavy atom. The van der Waals surface area contributed by atoms with Gasteiger partial charge in [0.15, 0.2) is 0 Å². The molecule has 0 saturated carbocycles. The molecular weight excluding hydrogens is 358 g/mol. The number of methoxy groups -OCH3 is 1. The van der Waals surface area contributed by atoms with Gasteiger partial charge in [-0.15, -0.1) is 0 Å². The fourth-order valence-corrected chi connectivity index (χ4v) is 2.32. The molecule has 132 valence electrons. The number of halogens is 1. The van der Waals surface area contributed by atoms with E-state index in [0.717, 1.165) is 5.56 Å². The zero-order valence-electron chi connectivity index (χ0n) is 13.9. The molecule has 0 atom stereocenters. The third-order valence-corrected chi connectivity index (χ3v) is 3.89. The number of benzene rings is 2. The molecule has 0 radical (unpaired) electrons. The smallest absolute Gasteiger partial charge is 0.270 e. The lowest BCUT2D eigenvalue weighted by atomic mass is 10.1. The Morgan fingerprint density at radius 2 is 2.12 bits per heavy atom. The molecule has 0 saturated heterocycles. The molecule has 26 heavy (non-hydrogen) atoms. The molecule has 0 fully saturated rings. The summed E-state index contributed by atoms with van der Waals surface area (Å²) < 4.78 is 5.18. The first-order valence-electron chi connectivity index (χ1n) is 7.37. The van der Waals surface area contributed by atoms with Crippen LogP contribution in [0.3, 0.4) is 0 Å². The average Bonchev–Trinajstić information content (AvgIpc) is 2.62. The van der Waals surface area contributed by atoms with Crippen molar-refractivity contribution in [1.82, 2.24) is 0 Å². The van der Waals surface area contributed by atoms with Gasteiger partial charge in [0.1, 0.15) is 17.4 Å². The summed E-state index contributed by atoms with van der Waals surface area (Å²) in [6, 6.07) is 10.6. The van der Waals surface area contributed by atoms with Crippen LogP contribution in [-0.2, 0) is 4.79 Å². The fourth-order valence-electron chi connectivity index (χ4n) is 2.16. The number of aryl methyl sites for hydroxylation is 1.